The summed E-state index contributed by atoms with van der Waals surface area (Å²) in [5.74, 6) is 1.92. The minimum Gasteiger partial charge on any atom is -0.396 e. The van der Waals surface area contributed by atoms with Crippen LogP contribution in [0.3, 0.4) is 0 Å². The molecule has 0 aromatic rings. The highest BCUT2D eigenvalue weighted by molar-refractivity contribution is 6.05. The fourth-order valence-electron chi connectivity index (χ4n) is 0. The zero-order valence-electron chi connectivity index (χ0n) is 7.30. The second-order valence-electron chi connectivity index (χ2n) is 1.45. The second kappa shape index (κ2) is 34.1. The molecule has 0 saturated heterocycles. The lowest BCUT2D eigenvalue weighted by Crippen LogP contribution is -1.69. The van der Waals surface area contributed by atoms with Gasteiger partial charge in [-0.25, -0.2) is 0 Å². The standard InChI is InChI=1S/2C3H8O.CH3.Al/c2*1-2-3-4;;/h2*4H,2-3H2,1H3;1H3;. The van der Waals surface area contributed by atoms with Gasteiger partial charge in [0.15, 0.2) is 0 Å². The van der Waals surface area contributed by atoms with Crippen molar-refractivity contribution in [2.45, 2.75) is 32.5 Å². The molecular formula is C7H19AlO2. The van der Waals surface area contributed by atoms with E-state index in [1.165, 1.54) is 0 Å². The van der Waals surface area contributed by atoms with Crippen LogP contribution in [0.5, 0.6) is 0 Å². The Morgan fingerprint density at radius 2 is 1.00 bits per heavy atom. The molecule has 0 bridgehead atoms. The van der Waals surface area contributed by atoms with E-state index in [4.69, 9.17) is 10.2 Å². The Bertz CT molecular complexity index is 19.6. The third kappa shape index (κ3) is 78.1. The van der Waals surface area contributed by atoms with Gasteiger partial charge in [-0.2, -0.15) is 0 Å². The van der Waals surface area contributed by atoms with Crippen LogP contribution in [0.2, 0.25) is 5.79 Å². The maximum Gasteiger partial charge on any atom is 0.112 e. The zero-order valence-corrected chi connectivity index (χ0v) is 8.45. The second-order valence-corrected chi connectivity index (χ2v) is 1.45. The van der Waals surface area contributed by atoms with Gasteiger partial charge in [0.25, 0.3) is 0 Å². The predicted molar refractivity (Wildman–Crippen MR) is 46.4 cm³/mol. The van der Waals surface area contributed by atoms with Gasteiger partial charge in [-0.15, -0.1) is 5.79 Å². The molecule has 0 saturated carbocycles. The number of hydrogen-bond acceptors (Lipinski definition) is 2. The van der Waals surface area contributed by atoms with E-state index in [9.17, 15) is 0 Å². The molecule has 0 aromatic heterocycles. The number of hydrogen-bond donors (Lipinski definition) is 2. The third-order valence-electron chi connectivity index (χ3n) is 0.447. The lowest BCUT2D eigenvalue weighted by molar-refractivity contribution is 0.294. The van der Waals surface area contributed by atoms with Crippen molar-refractivity contribution in [3.05, 3.63) is 0 Å². The van der Waals surface area contributed by atoms with Crippen LogP contribution >= 0.6 is 0 Å². The van der Waals surface area contributed by atoms with E-state index < -0.39 is 0 Å². The smallest absolute Gasteiger partial charge is 0.112 e. The molecule has 2 nitrogen and oxygen atoms in total. The van der Waals surface area contributed by atoms with Crippen molar-refractivity contribution in [2.75, 3.05) is 13.2 Å². The van der Waals surface area contributed by atoms with Crippen molar-refractivity contribution < 1.29 is 10.2 Å². The van der Waals surface area contributed by atoms with Crippen molar-refractivity contribution in [2.24, 2.45) is 0 Å². The van der Waals surface area contributed by atoms with Crippen LogP contribution in [0.15, 0.2) is 0 Å². The SMILES string of the molecule is CCCO.CCCO.[CH3][Al]. The lowest BCUT2D eigenvalue weighted by Gasteiger charge is -1.69. The summed E-state index contributed by atoms with van der Waals surface area (Å²) in [6, 6.07) is 0. The average molecular weight is 162 g/mol. The molecule has 0 aliphatic rings. The van der Waals surface area contributed by atoms with Gasteiger partial charge < -0.3 is 10.2 Å². The highest BCUT2D eigenvalue weighted by Crippen LogP contribution is 1.61. The summed E-state index contributed by atoms with van der Waals surface area (Å²) in [5.41, 5.74) is 0. The van der Waals surface area contributed by atoms with Crippen molar-refractivity contribution in [1.82, 2.24) is 0 Å². The molecule has 0 heterocycles. The zero-order chi connectivity index (χ0) is 8.83. The van der Waals surface area contributed by atoms with Gasteiger partial charge in [0, 0.05) is 13.2 Å². The van der Waals surface area contributed by atoms with Crippen LogP contribution in [-0.4, -0.2) is 39.7 Å². The average Bonchev–Trinajstić information content (AvgIpc) is 2.08. The van der Waals surface area contributed by atoms with E-state index in [-0.39, 0.29) is 0 Å². The first-order valence-electron chi connectivity index (χ1n) is 3.62. The van der Waals surface area contributed by atoms with Gasteiger partial charge in [-0.3, -0.25) is 0 Å². The van der Waals surface area contributed by atoms with E-state index in [0.717, 1.165) is 12.8 Å². The summed E-state index contributed by atoms with van der Waals surface area (Å²) >= 11 is 2.42. The summed E-state index contributed by atoms with van der Waals surface area (Å²) in [5, 5.41) is 15.8. The van der Waals surface area contributed by atoms with Crippen molar-refractivity contribution >= 4 is 16.3 Å². The Kier molecular flexibility index (Phi) is 57.3. The van der Waals surface area contributed by atoms with Gasteiger partial charge in [0.2, 0.25) is 0 Å². The molecule has 0 spiro atoms. The molecule has 0 aliphatic heterocycles. The number of aliphatic hydroxyl groups excluding tert-OH is 2. The summed E-state index contributed by atoms with van der Waals surface area (Å²) in [7, 11) is 0. The molecule has 0 atom stereocenters. The molecule has 2 N–H and O–H groups in total. The lowest BCUT2D eigenvalue weighted by atomic mass is 10.5. The minimum absolute atomic E-state index is 0.319. The Morgan fingerprint density at radius 3 is 1.00 bits per heavy atom. The summed E-state index contributed by atoms with van der Waals surface area (Å²) in [6.45, 7) is 4.50. The van der Waals surface area contributed by atoms with Gasteiger partial charge >= 0.3 is 0 Å². The minimum atomic E-state index is 0.319. The van der Waals surface area contributed by atoms with Gasteiger partial charge in [0.1, 0.15) is 16.3 Å². The molecular weight excluding hydrogens is 143 g/mol. The van der Waals surface area contributed by atoms with Crippen LogP contribution in [-0.2, 0) is 0 Å². The quantitative estimate of drug-likeness (QED) is 0.594. The van der Waals surface area contributed by atoms with Gasteiger partial charge in [-0.05, 0) is 12.8 Å². The highest BCUT2D eigenvalue weighted by atomic mass is 27.0. The first kappa shape index (κ1) is 16.8. The third-order valence-corrected chi connectivity index (χ3v) is 0.447. The molecule has 3 heteroatoms. The van der Waals surface area contributed by atoms with Gasteiger partial charge in [-0.1, -0.05) is 13.8 Å². The molecule has 62 valence electrons. The largest absolute Gasteiger partial charge is 0.396 e. The highest BCUT2D eigenvalue weighted by Gasteiger charge is 1.57. The molecule has 0 aromatic carbocycles. The van der Waals surface area contributed by atoms with Gasteiger partial charge in [0.05, 0.1) is 0 Å². The number of aliphatic hydroxyl groups is 2. The van der Waals surface area contributed by atoms with Crippen molar-refractivity contribution in [3.63, 3.8) is 0 Å². The summed E-state index contributed by atoms with van der Waals surface area (Å²) in [6.07, 6.45) is 1.75. The first-order chi connectivity index (χ1) is 4.83. The van der Waals surface area contributed by atoms with Crippen LogP contribution in [0.4, 0.5) is 0 Å². The summed E-state index contributed by atoms with van der Waals surface area (Å²) < 4.78 is 0. The predicted octanol–water partition coefficient (Wildman–Crippen LogP) is 0.980. The van der Waals surface area contributed by atoms with Crippen LogP contribution in [0.25, 0.3) is 0 Å². The Balaban J connectivity index is -0.0000000787. The molecule has 0 fully saturated rings. The van der Waals surface area contributed by atoms with E-state index in [0.29, 0.717) is 13.2 Å². The molecule has 0 aliphatic carbocycles. The van der Waals surface area contributed by atoms with Crippen molar-refractivity contribution in [1.29, 1.82) is 0 Å². The fraction of sp³-hybridized carbons (Fsp3) is 1.00. The van der Waals surface area contributed by atoms with E-state index in [1.807, 2.05) is 19.6 Å². The fourth-order valence-corrected chi connectivity index (χ4v) is 0. The molecule has 0 unspecified atom stereocenters. The van der Waals surface area contributed by atoms with Crippen LogP contribution in [0, 0.1) is 0 Å². The normalized spacial score (nSPS) is 6.50. The molecule has 0 amide bonds. The number of rotatable bonds is 2. The summed E-state index contributed by atoms with van der Waals surface area (Å²) in [4.78, 5) is 0. The Hall–Kier alpha value is 0.452. The van der Waals surface area contributed by atoms with E-state index >= 15 is 0 Å². The van der Waals surface area contributed by atoms with E-state index in [1.54, 1.807) is 0 Å². The Morgan fingerprint density at radius 1 is 0.900 bits per heavy atom. The van der Waals surface area contributed by atoms with E-state index in [2.05, 4.69) is 16.3 Å². The molecule has 10 heavy (non-hydrogen) atoms. The molecule has 0 rings (SSSR count). The monoisotopic (exact) mass is 162 g/mol. The Labute approximate surface area is 72.7 Å². The molecule has 2 radical (unpaired) electrons. The first-order valence-corrected chi connectivity index (χ1v) is 4.78. The maximum absolute atomic E-state index is 7.88. The van der Waals surface area contributed by atoms with Crippen LogP contribution in [0.1, 0.15) is 26.7 Å². The maximum atomic E-state index is 7.88. The topological polar surface area (TPSA) is 40.5 Å². The van der Waals surface area contributed by atoms with Crippen molar-refractivity contribution in [3.8, 4) is 0 Å². The van der Waals surface area contributed by atoms with Crippen LogP contribution < -0.4 is 0 Å².